The molecule has 0 spiro atoms. The van der Waals surface area contributed by atoms with Crippen LogP contribution in [-0.4, -0.2) is 0 Å². The van der Waals surface area contributed by atoms with E-state index in [4.69, 9.17) is 0 Å². The van der Waals surface area contributed by atoms with Crippen LogP contribution in [0.3, 0.4) is 0 Å². The Morgan fingerprint density at radius 1 is 1.25 bits per heavy atom. The summed E-state index contributed by atoms with van der Waals surface area (Å²) in [4.78, 5) is 2.53. The number of pyridine rings is 1. The number of hydrogen-bond donors (Lipinski definition) is 0. The molecule has 66 valence electrons. The summed E-state index contributed by atoms with van der Waals surface area (Å²) in [5, 5.41) is 0. The highest BCUT2D eigenvalue weighted by atomic mass is 19.4. The van der Waals surface area contributed by atoms with Crippen molar-refractivity contribution in [1.29, 1.82) is 0 Å². The Bertz CT molecular complexity index is 271. The fourth-order valence-electron chi connectivity index (χ4n) is 1.18. The minimum absolute atomic E-state index is 0.155. The Labute approximate surface area is 68.2 Å². The number of aromatic nitrogens is 1. The molecular weight excluding hydrogens is 167 g/mol. The van der Waals surface area contributed by atoms with Crippen molar-refractivity contribution in [3.05, 3.63) is 29.1 Å². The molecule has 1 nitrogen and oxygen atoms in total. The van der Waals surface area contributed by atoms with Crippen molar-refractivity contribution in [2.75, 3.05) is 0 Å². The molecule has 0 aromatic carbocycles. The minimum Gasteiger partial charge on any atom is -0.215 e. The van der Waals surface area contributed by atoms with Gasteiger partial charge in [-0.2, -0.15) is 13.2 Å². The molecule has 1 aromatic rings. The molecule has 1 rings (SSSR count). The van der Waals surface area contributed by atoms with Gasteiger partial charge in [0.2, 0.25) is 0 Å². The number of nitrogens with one attached hydrogen (secondary N) is 1. The maximum atomic E-state index is 12.3. The molecular formula is C8H9F3N+. The van der Waals surface area contributed by atoms with E-state index in [-0.39, 0.29) is 11.3 Å². The van der Waals surface area contributed by atoms with Gasteiger partial charge in [0.1, 0.15) is 5.56 Å². The van der Waals surface area contributed by atoms with E-state index in [2.05, 4.69) is 4.98 Å². The van der Waals surface area contributed by atoms with Gasteiger partial charge in [0.05, 0.1) is 0 Å². The lowest BCUT2D eigenvalue weighted by molar-refractivity contribution is -0.391. The Balaban J connectivity index is 3.31. The van der Waals surface area contributed by atoms with Crippen LogP contribution in [0.15, 0.2) is 12.3 Å². The smallest absolute Gasteiger partial charge is 0.215 e. The molecule has 1 N–H and O–H groups in total. The normalized spacial score (nSPS) is 11.8. The first-order valence-corrected chi connectivity index (χ1v) is 3.48. The van der Waals surface area contributed by atoms with E-state index in [9.17, 15) is 13.2 Å². The standard InChI is InChI=1S/C8H8F3N/c1-5-3-4-12-6(2)7(5)8(9,10)11/h3-4H,1-2H3/p+1. The maximum absolute atomic E-state index is 12.3. The van der Waals surface area contributed by atoms with Crippen LogP contribution in [-0.2, 0) is 6.18 Å². The van der Waals surface area contributed by atoms with Crippen LogP contribution >= 0.6 is 0 Å². The topological polar surface area (TPSA) is 14.1 Å². The summed E-state index contributed by atoms with van der Waals surface area (Å²) in [6.07, 6.45) is -2.76. The lowest BCUT2D eigenvalue weighted by atomic mass is 10.1. The summed E-state index contributed by atoms with van der Waals surface area (Å²) in [6, 6.07) is 1.41. The average Bonchev–Trinajstić information content (AvgIpc) is 1.82. The number of hydrogen-bond acceptors (Lipinski definition) is 0. The maximum Gasteiger partial charge on any atom is 0.422 e. The molecule has 0 saturated heterocycles. The number of halogens is 3. The Hall–Kier alpha value is -1.06. The third-order valence-electron chi connectivity index (χ3n) is 1.69. The largest absolute Gasteiger partial charge is 0.422 e. The van der Waals surface area contributed by atoms with E-state index in [0.717, 1.165) is 0 Å². The fourth-order valence-corrected chi connectivity index (χ4v) is 1.18. The second-order valence-electron chi connectivity index (χ2n) is 2.66. The highest BCUT2D eigenvalue weighted by Crippen LogP contribution is 2.32. The quantitative estimate of drug-likeness (QED) is 0.575. The Morgan fingerprint density at radius 3 is 2.17 bits per heavy atom. The Morgan fingerprint density at radius 2 is 1.83 bits per heavy atom. The molecule has 0 amide bonds. The van der Waals surface area contributed by atoms with Crippen molar-refractivity contribution in [3.8, 4) is 0 Å². The Kier molecular flexibility index (Phi) is 2.08. The zero-order valence-electron chi connectivity index (χ0n) is 6.79. The van der Waals surface area contributed by atoms with E-state index in [1.165, 1.54) is 26.1 Å². The van der Waals surface area contributed by atoms with E-state index < -0.39 is 11.7 Å². The summed E-state index contributed by atoms with van der Waals surface area (Å²) in [5.74, 6) is 0. The fraction of sp³-hybridized carbons (Fsp3) is 0.375. The number of aryl methyl sites for hydroxylation is 2. The van der Waals surface area contributed by atoms with Crippen molar-refractivity contribution >= 4 is 0 Å². The van der Waals surface area contributed by atoms with Gasteiger partial charge in [0, 0.05) is 13.0 Å². The van der Waals surface area contributed by atoms with Crippen LogP contribution in [0.2, 0.25) is 0 Å². The van der Waals surface area contributed by atoms with Crippen molar-refractivity contribution in [2.45, 2.75) is 20.0 Å². The van der Waals surface area contributed by atoms with Gasteiger partial charge >= 0.3 is 6.18 Å². The molecule has 0 saturated carbocycles. The summed E-state index contributed by atoms with van der Waals surface area (Å²) in [7, 11) is 0. The zero-order valence-corrected chi connectivity index (χ0v) is 6.79. The van der Waals surface area contributed by atoms with Gasteiger partial charge in [-0.05, 0) is 12.5 Å². The molecule has 0 aliphatic carbocycles. The molecule has 1 heterocycles. The monoisotopic (exact) mass is 176 g/mol. The van der Waals surface area contributed by atoms with E-state index in [1.54, 1.807) is 0 Å². The van der Waals surface area contributed by atoms with Gasteiger partial charge in [-0.15, -0.1) is 0 Å². The lowest BCUT2D eigenvalue weighted by Gasteiger charge is -2.08. The SMILES string of the molecule is Cc1cc[nH+]c(C)c1C(F)(F)F. The van der Waals surface area contributed by atoms with Crippen molar-refractivity contribution < 1.29 is 18.2 Å². The van der Waals surface area contributed by atoms with Gasteiger partial charge in [-0.1, -0.05) is 0 Å². The number of alkyl halides is 3. The van der Waals surface area contributed by atoms with Crippen molar-refractivity contribution in [3.63, 3.8) is 0 Å². The van der Waals surface area contributed by atoms with Crippen LogP contribution in [0.5, 0.6) is 0 Å². The van der Waals surface area contributed by atoms with Crippen LogP contribution in [0, 0.1) is 13.8 Å². The van der Waals surface area contributed by atoms with E-state index in [1.807, 2.05) is 0 Å². The molecule has 0 aliphatic heterocycles. The van der Waals surface area contributed by atoms with Crippen LogP contribution in [0.1, 0.15) is 16.8 Å². The molecule has 0 unspecified atom stereocenters. The molecule has 0 fully saturated rings. The van der Waals surface area contributed by atoms with Crippen LogP contribution in [0.4, 0.5) is 13.2 Å². The molecule has 4 heteroatoms. The highest BCUT2D eigenvalue weighted by Gasteiger charge is 2.36. The summed E-state index contributed by atoms with van der Waals surface area (Å²) in [5.41, 5.74) is -0.161. The second-order valence-corrected chi connectivity index (χ2v) is 2.66. The summed E-state index contributed by atoms with van der Waals surface area (Å²) < 4.78 is 36.9. The lowest BCUT2D eigenvalue weighted by Crippen LogP contribution is -2.18. The first-order valence-electron chi connectivity index (χ1n) is 3.48. The second kappa shape index (κ2) is 2.77. The van der Waals surface area contributed by atoms with Gasteiger partial charge in [-0.25, -0.2) is 4.98 Å². The number of aromatic amines is 1. The molecule has 0 atom stereocenters. The molecule has 0 aliphatic rings. The third kappa shape index (κ3) is 1.57. The average molecular weight is 176 g/mol. The first kappa shape index (κ1) is 9.03. The first-order chi connectivity index (χ1) is 5.43. The van der Waals surface area contributed by atoms with E-state index >= 15 is 0 Å². The predicted octanol–water partition coefficient (Wildman–Crippen LogP) is 2.14. The van der Waals surface area contributed by atoms with Gasteiger partial charge in [-0.3, -0.25) is 0 Å². The van der Waals surface area contributed by atoms with Crippen LogP contribution in [0.25, 0.3) is 0 Å². The minimum atomic E-state index is -4.26. The van der Waals surface area contributed by atoms with Gasteiger partial charge < -0.3 is 0 Å². The molecule has 0 radical (unpaired) electrons. The van der Waals surface area contributed by atoms with Gasteiger partial charge in [0.15, 0.2) is 11.9 Å². The molecule has 1 aromatic heterocycles. The van der Waals surface area contributed by atoms with Gasteiger partial charge in [0.25, 0.3) is 0 Å². The number of rotatable bonds is 0. The summed E-state index contributed by atoms with van der Waals surface area (Å²) in [6.45, 7) is 2.86. The highest BCUT2D eigenvalue weighted by molar-refractivity contribution is 5.27. The molecule has 0 bridgehead atoms. The number of H-pyrrole nitrogens is 1. The third-order valence-corrected chi connectivity index (χ3v) is 1.69. The summed E-state index contributed by atoms with van der Waals surface area (Å²) >= 11 is 0. The zero-order chi connectivity index (χ0) is 9.35. The van der Waals surface area contributed by atoms with Crippen molar-refractivity contribution in [1.82, 2.24) is 0 Å². The van der Waals surface area contributed by atoms with E-state index in [0.29, 0.717) is 0 Å². The molecule has 12 heavy (non-hydrogen) atoms. The van der Waals surface area contributed by atoms with Crippen molar-refractivity contribution in [2.24, 2.45) is 0 Å². The predicted molar refractivity (Wildman–Crippen MR) is 37.5 cm³/mol. The van der Waals surface area contributed by atoms with Crippen LogP contribution < -0.4 is 4.98 Å².